The number of hydrazine groups is 1. The van der Waals surface area contributed by atoms with Crippen molar-refractivity contribution in [2.24, 2.45) is 5.84 Å². The fraction of sp³-hybridized carbons (Fsp3) is 0.364. The number of hydrogen-bond acceptors (Lipinski definition) is 5. The standard InChI is InChI=1S/C11H17N3O2S/c1-3-9(11(15)14-13)17-10-6-7(16-2)4-5-8(10)12/h4-6,9H,3,12-13H2,1-2H3,(H,14,15). The number of nitrogen functional groups attached to an aromatic ring is 1. The monoisotopic (exact) mass is 255 g/mol. The summed E-state index contributed by atoms with van der Waals surface area (Å²) < 4.78 is 5.12. The first kappa shape index (κ1) is 13.7. The Morgan fingerprint density at radius 2 is 2.29 bits per heavy atom. The summed E-state index contributed by atoms with van der Waals surface area (Å²) in [6.45, 7) is 1.92. The number of amides is 1. The van der Waals surface area contributed by atoms with E-state index in [-0.39, 0.29) is 11.2 Å². The van der Waals surface area contributed by atoms with E-state index in [2.05, 4.69) is 5.43 Å². The van der Waals surface area contributed by atoms with Crippen molar-refractivity contribution in [2.45, 2.75) is 23.5 Å². The molecule has 0 aromatic heterocycles. The Balaban J connectivity index is 2.88. The number of carbonyl (C=O) groups is 1. The number of carbonyl (C=O) groups excluding carboxylic acids is 1. The molecule has 0 aliphatic heterocycles. The summed E-state index contributed by atoms with van der Waals surface area (Å²) in [6, 6.07) is 5.35. The van der Waals surface area contributed by atoms with E-state index in [1.165, 1.54) is 11.8 Å². The number of benzene rings is 1. The average molecular weight is 255 g/mol. The minimum Gasteiger partial charge on any atom is -0.497 e. The summed E-state index contributed by atoms with van der Waals surface area (Å²) in [7, 11) is 1.59. The summed E-state index contributed by atoms with van der Waals surface area (Å²) in [4.78, 5) is 12.3. The van der Waals surface area contributed by atoms with Gasteiger partial charge in [-0.3, -0.25) is 10.2 Å². The van der Waals surface area contributed by atoms with Gasteiger partial charge < -0.3 is 10.5 Å². The van der Waals surface area contributed by atoms with Crippen molar-refractivity contribution >= 4 is 23.4 Å². The molecule has 0 fully saturated rings. The van der Waals surface area contributed by atoms with Crippen LogP contribution in [0.2, 0.25) is 0 Å². The SMILES string of the molecule is CCC(Sc1cc(OC)ccc1N)C(=O)NN. The zero-order valence-electron chi connectivity index (χ0n) is 9.90. The van der Waals surface area contributed by atoms with Crippen LogP contribution in [0.15, 0.2) is 23.1 Å². The van der Waals surface area contributed by atoms with Crippen LogP contribution >= 0.6 is 11.8 Å². The van der Waals surface area contributed by atoms with Gasteiger partial charge in [-0.25, -0.2) is 5.84 Å². The lowest BCUT2D eigenvalue weighted by Crippen LogP contribution is -2.37. The Kier molecular flexibility index (Phi) is 5.11. The number of hydrogen-bond donors (Lipinski definition) is 3. The quantitative estimate of drug-likeness (QED) is 0.241. The van der Waals surface area contributed by atoms with Crippen molar-refractivity contribution in [3.8, 4) is 5.75 Å². The van der Waals surface area contributed by atoms with E-state index < -0.39 is 0 Å². The van der Waals surface area contributed by atoms with Crippen molar-refractivity contribution in [1.82, 2.24) is 5.43 Å². The van der Waals surface area contributed by atoms with Gasteiger partial charge in [-0.15, -0.1) is 11.8 Å². The molecular weight excluding hydrogens is 238 g/mol. The molecule has 5 nitrogen and oxygen atoms in total. The first-order valence-electron chi connectivity index (χ1n) is 5.23. The molecule has 0 spiro atoms. The lowest BCUT2D eigenvalue weighted by atomic mass is 10.3. The van der Waals surface area contributed by atoms with Crippen LogP contribution in [0.25, 0.3) is 0 Å². The molecule has 1 rings (SSSR count). The topological polar surface area (TPSA) is 90.4 Å². The number of methoxy groups -OCH3 is 1. The van der Waals surface area contributed by atoms with Gasteiger partial charge in [0.15, 0.2) is 0 Å². The predicted octanol–water partition coefficient (Wildman–Crippen LogP) is 1.14. The maximum absolute atomic E-state index is 11.5. The molecule has 0 saturated carbocycles. The molecular formula is C11H17N3O2S. The molecule has 6 heteroatoms. The molecule has 1 amide bonds. The molecule has 5 N–H and O–H groups in total. The zero-order chi connectivity index (χ0) is 12.8. The number of anilines is 1. The molecule has 1 aromatic rings. The van der Waals surface area contributed by atoms with Gasteiger partial charge in [0, 0.05) is 10.6 Å². The molecule has 1 unspecified atom stereocenters. The third-order valence-corrected chi connectivity index (χ3v) is 3.73. The Bertz CT molecular complexity index is 398. The van der Waals surface area contributed by atoms with E-state index in [0.29, 0.717) is 17.9 Å². The van der Waals surface area contributed by atoms with E-state index >= 15 is 0 Å². The number of nitrogens with one attached hydrogen (secondary N) is 1. The van der Waals surface area contributed by atoms with Gasteiger partial charge in [0.2, 0.25) is 5.91 Å². The van der Waals surface area contributed by atoms with E-state index in [1.54, 1.807) is 19.2 Å². The minimum atomic E-state index is -0.255. The van der Waals surface area contributed by atoms with E-state index in [9.17, 15) is 4.79 Å². The van der Waals surface area contributed by atoms with Crippen LogP contribution in [0.1, 0.15) is 13.3 Å². The molecule has 1 atom stereocenters. The van der Waals surface area contributed by atoms with Crippen LogP contribution in [0, 0.1) is 0 Å². The lowest BCUT2D eigenvalue weighted by molar-refractivity contribution is -0.120. The molecule has 1 aromatic carbocycles. The normalized spacial score (nSPS) is 11.9. The van der Waals surface area contributed by atoms with Gasteiger partial charge in [0.1, 0.15) is 5.75 Å². The average Bonchev–Trinajstić information content (AvgIpc) is 2.36. The highest BCUT2D eigenvalue weighted by Gasteiger charge is 2.18. The second kappa shape index (κ2) is 6.36. The van der Waals surface area contributed by atoms with Gasteiger partial charge in [-0.1, -0.05) is 6.92 Å². The first-order valence-corrected chi connectivity index (χ1v) is 6.11. The summed E-state index contributed by atoms with van der Waals surface area (Å²) in [5, 5.41) is -0.255. The van der Waals surface area contributed by atoms with Gasteiger partial charge >= 0.3 is 0 Å². The van der Waals surface area contributed by atoms with Crippen molar-refractivity contribution in [1.29, 1.82) is 0 Å². The number of nitrogens with two attached hydrogens (primary N) is 2. The highest BCUT2D eigenvalue weighted by Crippen LogP contribution is 2.33. The second-order valence-corrected chi connectivity index (χ2v) is 4.67. The minimum absolute atomic E-state index is 0.209. The summed E-state index contributed by atoms with van der Waals surface area (Å²) >= 11 is 1.38. The Labute approximate surface area is 105 Å². The third-order valence-electron chi connectivity index (χ3n) is 2.30. The van der Waals surface area contributed by atoms with Crippen molar-refractivity contribution in [3.63, 3.8) is 0 Å². The van der Waals surface area contributed by atoms with Crippen LogP contribution < -0.4 is 21.7 Å². The molecule has 94 valence electrons. The molecule has 0 saturated heterocycles. The van der Waals surface area contributed by atoms with E-state index in [0.717, 1.165) is 4.90 Å². The van der Waals surface area contributed by atoms with Crippen LogP contribution in [-0.2, 0) is 4.79 Å². The molecule has 0 bridgehead atoms. The molecule has 0 aliphatic carbocycles. The number of rotatable bonds is 5. The van der Waals surface area contributed by atoms with E-state index in [4.69, 9.17) is 16.3 Å². The number of thioether (sulfide) groups is 1. The largest absolute Gasteiger partial charge is 0.497 e. The smallest absolute Gasteiger partial charge is 0.247 e. The van der Waals surface area contributed by atoms with Crippen LogP contribution in [0.3, 0.4) is 0 Å². The molecule has 0 radical (unpaired) electrons. The van der Waals surface area contributed by atoms with Gasteiger partial charge in [-0.05, 0) is 24.6 Å². The molecule has 0 heterocycles. The van der Waals surface area contributed by atoms with Crippen molar-refractivity contribution < 1.29 is 9.53 Å². The van der Waals surface area contributed by atoms with Crippen LogP contribution in [0.4, 0.5) is 5.69 Å². The first-order chi connectivity index (χ1) is 8.12. The Morgan fingerprint density at radius 3 is 2.82 bits per heavy atom. The fourth-order valence-electron chi connectivity index (χ4n) is 1.31. The maximum Gasteiger partial charge on any atom is 0.247 e. The second-order valence-electron chi connectivity index (χ2n) is 3.43. The molecule has 0 aliphatic rings. The Hall–Kier alpha value is -1.40. The Morgan fingerprint density at radius 1 is 1.59 bits per heavy atom. The maximum atomic E-state index is 11.5. The van der Waals surface area contributed by atoms with Crippen molar-refractivity contribution in [2.75, 3.05) is 12.8 Å². The van der Waals surface area contributed by atoms with Gasteiger partial charge in [-0.2, -0.15) is 0 Å². The molecule has 17 heavy (non-hydrogen) atoms. The summed E-state index contributed by atoms with van der Waals surface area (Å²) in [6.07, 6.45) is 0.671. The van der Waals surface area contributed by atoms with E-state index in [1.807, 2.05) is 13.0 Å². The highest BCUT2D eigenvalue weighted by molar-refractivity contribution is 8.00. The van der Waals surface area contributed by atoms with Gasteiger partial charge in [0.25, 0.3) is 0 Å². The van der Waals surface area contributed by atoms with Crippen LogP contribution in [-0.4, -0.2) is 18.3 Å². The summed E-state index contributed by atoms with van der Waals surface area (Å²) in [5.74, 6) is 5.63. The van der Waals surface area contributed by atoms with Crippen molar-refractivity contribution in [3.05, 3.63) is 18.2 Å². The number of ether oxygens (including phenoxy) is 1. The third kappa shape index (κ3) is 3.54. The lowest BCUT2D eigenvalue weighted by Gasteiger charge is -2.14. The zero-order valence-corrected chi connectivity index (χ0v) is 10.7. The highest BCUT2D eigenvalue weighted by atomic mass is 32.2. The predicted molar refractivity (Wildman–Crippen MR) is 69.7 cm³/mol. The summed E-state index contributed by atoms with van der Waals surface area (Å²) in [5.41, 5.74) is 8.63. The van der Waals surface area contributed by atoms with Crippen LogP contribution in [0.5, 0.6) is 5.75 Å². The fourth-order valence-corrected chi connectivity index (χ4v) is 2.35. The van der Waals surface area contributed by atoms with Gasteiger partial charge in [0.05, 0.1) is 12.4 Å².